The van der Waals surface area contributed by atoms with E-state index in [9.17, 15) is 9.59 Å². The molecule has 1 aliphatic heterocycles. The molecule has 5 aromatic rings. The number of hydrogen-bond donors (Lipinski definition) is 1. The lowest BCUT2D eigenvalue weighted by Crippen LogP contribution is -2.35. The topological polar surface area (TPSA) is 127 Å². The number of esters is 1. The molecule has 3 heterocycles. The number of anilines is 1. The van der Waals surface area contributed by atoms with Gasteiger partial charge >= 0.3 is 5.97 Å². The maximum absolute atomic E-state index is 12.9. The molecule has 2 aromatic heterocycles. The number of carbonyl (C=O) groups is 2. The quantitative estimate of drug-likeness (QED) is 0.196. The summed E-state index contributed by atoms with van der Waals surface area (Å²) in [4.78, 5) is 38.5. The van der Waals surface area contributed by atoms with E-state index >= 15 is 0 Å². The van der Waals surface area contributed by atoms with Crippen LogP contribution >= 0.6 is 0 Å². The summed E-state index contributed by atoms with van der Waals surface area (Å²) in [5.74, 6) is -0.899. The predicted molar refractivity (Wildman–Crippen MR) is 165 cm³/mol. The summed E-state index contributed by atoms with van der Waals surface area (Å²) in [5.41, 5.74) is 3.31. The lowest BCUT2D eigenvalue weighted by molar-refractivity contribution is -0.154. The largest absolute Gasteiger partial charge is 0.457 e. The highest BCUT2D eigenvalue weighted by Crippen LogP contribution is 2.39. The Hall–Kier alpha value is -4.97. The van der Waals surface area contributed by atoms with E-state index in [4.69, 9.17) is 18.9 Å². The smallest absolute Gasteiger partial charge is 0.303 e. The molecule has 0 bridgehead atoms. The summed E-state index contributed by atoms with van der Waals surface area (Å²) in [6.07, 6.45) is 0.891. The number of carbonyl (C=O) groups excluding carboxylic acids is 2. The maximum Gasteiger partial charge on any atom is 0.303 e. The van der Waals surface area contributed by atoms with E-state index in [1.807, 2.05) is 66.7 Å². The standard InChI is InChI=1S/C34H33N5O6/c1-23(40)44-30-27(19-42-17-24-11-5-2-6-12-24)28(20-43-18-25-13-7-3-8-14-25)45-34(30)39-22-37-29-31(35-21-36-32(29)39)38-33(41)26-15-9-4-10-16-26/h2-16,21-22,27-28,30,34H,17-20H2,1H3,(H,35,36,38,41)/t27-,28-,30-,34-/m1/s1. The fraction of sp³-hybridized carbons (Fsp3) is 0.265. The van der Waals surface area contributed by atoms with Crippen LogP contribution in [0.15, 0.2) is 104 Å². The normalized spacial score (nSPS) is 19.4. The van der Waals surface area contributed by atoms with Crippen molar-refractivity contribution >= 4 is 28.9 Å². The number of imidazole rings is 1. The van der Waals surface area contributed by atoms with Crippen molar-refractivity contribution in [2.75, 3.05) is 18.5 Å². The zero-order valence-electron chi connectivity index (χ0n) is 24.7. The SMILES string of the molecule is CC(=O)O[C@@H]1[C@H](COCc2ccccc2)[C@@H](COCc2ccccc2)O[C@H]1n1cnc2c(NC(=O)c3ccccc3)ncnc21. The van der Waals surface area contributed by atoms with E-state index in [1.54, 1.807) is 35.2 Å². The van der Waals surface area contributed by atoms with Crippen molar-refractivity contribution < 1.29 is 28.5 Å². The second kappa shape index (κ2) is 14.2. The molecule has 0 aliphatic carbocycles. The van der Waals surface area contributed by atoms with Crippen LogP contribution in [-0.2, 0) is 37.0 Å². The van der Waals surface area contributed by atoms with Gasteiger partial charge in [0.1, 0.15) is 6.33 Å². The van der Waals surface area contributed by atoms with Crippen molar-refractivity contribution in [2.45, 2.75) is 38.6 Å². The predicted octanol–water partition coefficient (Wildman–Crippen LogP) is 4.96. The molecule has 1 aliphatic rings. The van der Waals surface area contributed by atoms with Crippen LogP contribution < -0.4 is 5.32 Å². The van der Waals surface area contributed by atoms with Gasteiger partial charge < -0.3 is 24.3 Å². The van der Waals surface area contributed by atoms with Crippen molar-refractivity contribution in [3.63, 3.8) is 0 Å². The number of fused-ring (bicyclic) bond motifs is 1. The molecule has 0 saturated carbocycles. The van der Waals surface area contributed by atoms with E-state index in [2.05, 4.69) is 20.3 Å². The van der Waals surface area contributed by atoms with Crippen LogP contribution in [0.25, 0.3) is 11.2 Å². The molecule has 0 spiro atoms. The first kappa shape index (κ1) is 30.1. The van der Waals surface area contributed by atoms with Crippen LogP contribution in [-0.4, -0.2) is 56.8 Å². The number of hydrogen-bond acceptors (Lipinski definition) is 9. The van der Waals surface area contributed by atoms with Crippen molar-refractivity contribution in [3.8, 4) is 0 Å². The molecule has 11 heteroatoms. The fourth-order valence-electron chi connectivity index (χ4n) is 5.36. The van der Waals surface area contributed by atoms with Crippen LogP contribution in [0.4, 0.5) is 5.82 Å². The van der Waals surface area contributed by atoms with E-state index < -0.39 is 24.4 Å². The molecule has 1 saturated heterocycles. The van der Waals surface area contributed by atoms with Crippen LogP contribution in [0.2, 0.25) is 0 Å². The van der Waals surface area contributed by atoms with Gasteiger partial charge in [0.2, 0.25) is 0 Å². The molecule has 1 amide bonds. The van der Waals surface area contributed by atoms with E-state index in [1.165, 1.54) is 13.3 Å². The number of aromatic nitrogens is 4. The van der Waals surface area contributed by atoms with Gasteiger partial charge in [0.05, 0.1) is 44.8 Å². The van der Waals surface area contributed by atoms with Gasteiger partial charge in [-0.25, -0.2) is 15.0 Å². The lowest BCUT2D eigenvalue weighted by Gasteiger charge is -2.24. The minimum atomic E-state index is -0.790. The Morgan fingerprint density at radius 2 is 1.44 bits per heavy atom. The van der Waals surface area contributed by atoms with Gasteiger partial charge in [-0.05, 0) is 23.3 Å². The number of rotatable bonds is 12. The lowest BCUT2D eigenvalue weighted by atomic mass is 9.99. The second-order valence-electron chi connectivity index (χ2n) is 10.7. The molecular formula is C34H33N5O6. The number of amides is 1. The maximum atomic E-state index is 12.9. The third kappa shape index (κ3) is 7.23. The van der Waals surface area contributed by atoms with Crippen molar-refractivity contribution in [1.29, 1.82) is 0 Å². The van der Waals surface area contributed by atoms with Gasteiger partial charge in [-0.2, -0.15) is 0 Å². The summed E-state index contributed by atoms with van der Waals surface area (Å²) in [5, 5.41) is 2.82. The van der Waals surface area contributed by atoms with Crippen LogP contribution in [0.5, 0.6) is 0 Å². The summed E-state index contributed by atoms with van der Waals surface area (Å²) < 4.78 is 26.4. The molecular weight excluding hydrogens is 574 g/mol. The fourth-order valence-corrected chi connectivity index (χ4v) is 5.36. The summed E-state index contributed by atoms with van der Waals surface area (Å²) >= 11 is 0. The monoisotopic (exact) mass is 607 g/mol. The van der Waals surface area contributed by atoms with Gasteiger partial charge in [0, 0.05) is 12.5 Å². The van der Waals surface area contributed by atoms with Crippen molar-refractivity contribution in [3.05, 3.63) is 120 Å². The van der Waals surface area contributed by atoms with Gasteiger partial charge in [-0.15, -0.1) is 0 Å². The van der Waals surface area contributed by atoms with Crippen molar-refractivity contribution in [1.82, 2.24) is 19.5 Å². The molecule has 4 atom stereocenters. The Labute approximate surface area is 260 Å². The highest BCUT2D eigenvalue weighted by molar-refractivity contribution is 6.06. The van der Waals surface area contributed by atoms with Gasteiger partial charge in [0.25, 0.3) is 5.91 Å². The zero-order valence-corrected chi connectivity index (χ0v) is 24.7. The third-order valence-electron chi connectivity index (χ3n) is 7.51. The van der Waals surface area contributed by atoms with Crippen LogP contribution in [0.1, 0.15) is 34.6 Å². The second-order valence-corrected chi connectivity index (χ2v) is 10.7. The number of nitrogens with zero attached hydrogens (tertiary/aromatic N) is 4. The van der Waals surface area contributed by atoms with Gasteiger partial charge in [0.15, 0.2) is 29.3 Å². The Morgan fingerprint density at radius 1 is 0.822 bits per heavy atom. The highest BCUT2D eigenvalue weighted by Gasteiger charge is 2.48. The van der Waals surface area contributed by atoms with E-state index in [-0.39, 0.29) is 30.9 Å². The summed E-state index contributed by atoms with van der Waals surface area (Å²) in [7, 11) is 0. The highest BCUT2D eigenvalue weighted by atomic mass is 16.6. The summed E-state index contributed by atoms with van der Waals surface area (Å²) in [6.45, 7) is 2.64. The average Bonchev–Trinajstić information content (AvgIpc) is 3.64. The molecule has 230 valence electrons. The molecule has 0 unspecified atom stereocenters. The average molecular weight is 608 g/mol. The molecule has 11 nitrogen and oxygen atoms in total. The zero-order chi connectivity index (χ0) is 31.0. The van der Waals surface area contributed by atoms with E-state index in [0.717, 1.165) is 11.1 Å². The first-order valence-corrected chi connectivity index (χ1v) is 14.7. The van der Waals surface area contributed by atoms with Crippen LogP contribution in [0.3, 0.4) is 0 Å². The molecule has 3 aromatic carbocycles. The molecule has 0 radical (unpaired) electrons. The summed E-state index contributed by atoms with van der Waals surface area (Å²) in [6, 6.07) is 28.5. The number of nitrogens with one attached hydrogen (secondary N) is 1. The van der Waals surface area contributed by atoms with Gasteiger partial charge in [-0.1, -0.05) is 78.9 Å². The van der Waals surface area contributed by atoms with Gasteiger partial charge in [-0.3, -0.25) is 14.2 Å². The van der Waals surface area contributed by atoms with Crippen molar-refractivity contribution in [2.24, 2.45) is 5.92 Å². The molecule has 1 fully saturated rings. The molecule has 6 rings (SSSR count). The Morgan fingerprint density at radius 3 is 2.09 bits per heavy atom. The number of ether oxygens (including phenoxy) is 4. The Balaban J connectivity index is 1.26. The first-order valence-electron chi connectivity index (χ1n) is 14.7. The number of benzene rings is 3. The molecule has 1 N–H and O–H groups in total. The Kier molecular flexibility index (Phi) is 9.50. The molecule has 45 heavy (non-hydrogen) atoms. The van der Waals surface area contributed by atoms with E-state index in [0.29, 0.717) is 29.9 Å². The minimum Gasteiger partial charge on any atom is -0.457 e. The third-order valence-corrected chi connectivity index (χ3v) is 7.51. The van der Waals surface area contributed by atoms with Crippen LogP contribution in [0, 0.1) is 5.92 Å². The minimum absolute atomic E-state index is 0.239. The first-order chi connectivity index (χ1) is 22.1. The Bertz CT molecular complexity index is 1720.